The molecule has 0 aliphatic heterocycles. The first-order valence-electron chi connectivity index (χ1n) is 5.12. The van der Waals surface area contributed by atoms with Crippen molar-refractivity contribution in [3.63, 3.8) is 0 Å². The van der Waals surface area contributed by atoms with Crippen molar-refractivity contribution in [2.75, 3.05) is 0 Å². The zero-order chi connectivity index (χ0) is 12.3. The largest absolute Gasteiger partial charge is 0.486 e. The van der Waals surface area contributed by atoms with Crippen molar-refractivity contribution in [2.24, 2.45) is 0 Å². The van der Waals surface area contributed by atoms with Crippen molar-refractivity contribution in [1.29, 1.82) is 0 Å². The van der Waals surface area contributed by atoms with Gasteiger partial charge in [0, 0.05) is 5.56 Å². The molecule has 1 heterocycles. The van der Waals surface area contributed by atoms with E-state index < -0.39 is 0 Å². The Labute approximate surface area is 104 Å². The number of furan rings is 1. The summed E-state index contributed by atoms with van der Waals surface area (Å²) in [5.74, 6) is 1.28. The normalized spacial score (nSPS) is 10.2. The molecule has 88 valence electrons. The molecule has 0 unspecified atom stereocenters. The first-order valence-corrected chi connectivity index (χ1v) is 5.50. The van der Waals surface area contributed by atoms with Gasteiger partial charge in [0.05, 0.1) is 11.3 Å². The first-order chi connectivity index (χ1) is 8.16. The van der Waals surface area contributed by atoms with E-state index in [1.54, 1.807) is 30.5 Å². The van der Waals surface area contributed by atoms with Gasteiger partial charge in [0.2, 0.25) is 0 Å². The summed E-state index contributed by atoms with van der Waals surface area (Å²) < 4.78 is 10.6. The molecule has 0 spiro atoms. The zero-order valence-corrected chi connectivity index (χ0v) is 10.0. The Morgan fingerprint density at radius 1 is 1.41 bits per heavy atom. The average Bonchev–Trinajstić information content (AvgIpc) is 2.78. The van der Waals surface area contributed by atoms with Gasteiger partial charge in [-0.2, -0.15) is 0 Å². The number of rotatable bonds is 4. The number of carbonyl (C=O) groups is 1. The second-order valence-corrected chi connectivity index (χ2v) is 3.97. The van der Waals surface area contributed by atoms with Gasteiger partial charge in [0.15, 0.2) is 5.78 Å². The van der Waals surface area contributed by atoms with E-state index in [1.807, 2.05) is 6.07 Å². The maximum atomic E-state index is 11.2. The summed E-state index contributed by atoms with van der Waals surface area (Å²) in [4.78, 5) is 11.2. The predicted molar refractivity (Wildman–Crippen MR) is 64.5 cm³/mol. The maximum absolute atomic E-state index is 11.2. The van der Waals surface area contributed by atoms with Gasteiger partial charge in [-0.05, 0) is 37.3 Å². The molecule has 0 bridgehead atoms. The van der Waals surface area contributed by atoms with Gasteiger partial charge in [0.25, 0.3) is 0 Å². The van der Waals surface area contributed by atoms with Crippen LogP contribution in [0.2, 0.25) is 5.02 Å². The maximum Gasteiger partial charge on any atom is 0.161 e. The molecule has 0 amide bonds. The van der Waals surface area contributed by atoms with Gasteiger partial charge in [-0.3, -0.25) is 4.79 Å². The number of hydrogen-bond donors (Lipinski definition) is 0. The molecule has 17 heavy (non-hydrogen) atoms. The lowest BCUT2D eigenvalue weighted by Crippen LogP contribution is -1.96. The number of benzene rings is 1. The van der Waals surface area contributed by atoms with E-state index >= 15 is 0 Å². The lowest BCUT2D eigenvalue weighted by Gasteiger charge is -2.06. The number of hydrogen-bond acceptors (Lipinski definition) is 3. The highest BCUT2D eigenvalue weighted by Gasteiger charge is 2.07. The molecular formula is C13H11ClO3. The van der Waals surface area contributed by atoms with Gasteiger partial charge in [-0.1, -0.05) is 11.6 Å². The Bertz CT molecular complexity index is 517. The number of halogens is 1. The van der Waals surface area contributed by atoms with E-state index in [0.717, 1.165) is 5.76 Å². The van der Waals surface area contributed by atoms with Crippen molar-refractivity contribution in [3.05, 3.63) is 52.9 Å². The Morgan fingerprint density at radius 3 is 2.82 bits per heavy atom. The van der Waals surface area contributed by atoms with Crippen LogP contribution in [0, 0.1) is 0 Å². The number of ether oxygens (including phenoxy) is 1. The topological polar surface area (TPSA) is 39.4 Å². The standard InChI is InChI=1S/C13H11ClO3/c1-9(15)12-5-4-10(7-13(12)14)17-8-11-3-2-6-16-11/h2-7H,8H2,1H3. The molecule has 2 aromatic rings. The van der Waals surface area contributed by atoms with E-state index in [2.05, 4.69) is 0 Å². The van der Waals surface area contributed by atoms with Crippen molar-refractivity contribution in [3.8, 4) is 5.75 Å². The molecule has 2 rings (SSSR count). The van der Waals surface area contributed by atoms with Crippen molar-refractivity contribution >= 4 is 17.4 Å². The van der Waals surface area contributed by atoms with Gasteiger partial charge >= 0.3 is 0 Å². The van der Waals surface area contributed by atoms with E-state index in [1.165, 1.54) is 6.92 Å². The highest BCUT2D eigenvalue weighted by Crippen LogP contribution is 2.23. The van der Waals surface area contributed by atoms with Gasteiger partial charge in [0.1, 0.15) is 18.1 Å². The molecule has 0 saturated carbocycles. The lowest BCUT2D eigenvalue weighted by atomic mass is 10.1. The van der Waals surface area contributed by atoms with Gasteiger partial charge in [-0.15, -0.1) is 0 Å². The Kier molecular flexibility index (Phi) is 3.49. The molecule has 3 nitrogen and oxygen atoms in total. The molecule has 0 radical (unpaired) electrons. The summed E-state index contributed by atoms with van der Waals surface area (Å²) in [6.45, 7) is 1.81. The molecule has 1 aromatic carbocycles. The summed E-state index contributed by atoms with van der Waals surface area (Å²) in [6.07, 6.45) is 1.59. The minimum Gasteiger partial charge on any atom is -0.486 e. The van der Waals surface area contributed by atoms with E-state index in [-0.39, 0.29) is 5.78 Å². The molecule has 0 saturated heterocycles. The smallest absolute Gasteiger partial charge is 0.161 e. The SMILES string of the molecule is CC(=O)c1ccc(OCc2ccco2)cc1Cl. The summed E-state index contributed by atoms with van der Waals surface area (Å²) in [5, 5.41) is 0.398. The van der Waals surface area contributed by atoms with E-state index in [4.69, 9.17) is 20.8 Å². The third kappa shape index (κ3) is 2.88. The van der Waals surface area contributed by atoms with Crippen LogP contribution in [0.15, 0.2) is 41.0 Å². The van der Waals surface area contributed by atoms with Crippen molar-refractivity contribution < 1.29 is 13.9 Å². The molecule has 1 aromatic heterocycles. The Morgan fingerprint density at radius 2 is 2.24 bits per heavy atom. The quantitative estimate of drug-likeness (QED) is 0.777. The minimum atomic E-state index is -0.0624. The molecule has 4 heteroatoms. The fourth-order valence-corrected chi connectivity index (χ4v) is 1.72. The van der Waals surface area contributed by atoms with Crippen LogP contribution in [0.25, 0.3) is 0 Å². The molecule has 0 aliphatic carbocycles. The Hall–Kier alpha value is -1.74. The summed E-state index contributed by atoms with van der Waals surface area (Å²) in [5.41, 5.74) is 0.497. The van der Waals surface area contributed by atoms with Crippen LogP contribution >= 0.6 is 11.6 Å². The highest BCUT2D eigenvalue weighted by molar-refractivity contribution is 6.34. The van der Waals surface area contributed by atoms with Crippen LogP contribution in [-0.2, 0) is 6.61 Å². The summed E-state index contributed by atoms with van der Waals surface area (Å²) in [6, 6.07) is 8.62. The lowest BCUT2D eigenvalue weighted by molar-refractivity contribution is 0.101. The van der Waals surface area contributed by atoms with Crippen LogP contribution in [0.5, 0.6) is 5.75 Å². The average molecular weight is 251 g/mol. The van der Waals surface area contributed by atoms with Crippen LogP contribution in [0.4, 0.5) is 0 Å². The van der Waals surface area contributed by atoms with Crippen LogP contribution < -0.4 is 4.74 Å². The molecule has 0 N–H and O–H groups in total. The highest BCUT2D eigenvalue weighted by atomic mass is 35.5. The summed E-state index contributed by atoms with van der Waals surface area (Å²) >= 11 is 5.96. The van der Waals surface area contributed by atoms with Gasteiger partial charge < -0.3 is 9.15 Å². The van der Waals surface area contributed by atoms with Crippen molar-refractivity contribution in [2.45, 2.75) is 13.5 Å². The molecule has 0 aliphatic rings. The number of ketones is 1. The van der Waals surface area contributed by atoms with E-state index in [0.29, 0.717) is 22.9 Å². The Balaban J connectivity index is 2.07. The third-order valence-electron chi connectivity index (χ3n) is 2.28. The van der Waals surface area contributed by atoms with Crippen molar-refractivity contribution in [1.82, 2.24) is 0 Å². The minimum absolute atomic E-state index is 0.0624. The summed E-state index contributed by atoms with van der Waals surface area (Å²) in [7, 11) is 0. The second kappa shape index (κ2) is 5.06. The predicted octanol–water partition coefficient (Wildman–Crippen LogP) is 3.71. The fourth-order valence-electron chi connectivity index (χ4n) is 1.42. The molecular weight excluding hydrogens is 240 g/mol. The van der Waals surface area contributed by atoms with Crippen LogP contribution in [-0.4, -0.2) is 5.78 Å². The van der Waals surface area contributed by atoms with Crippen LogP contribution in [0.3, 0.4) is 0 Å². The van der Waals surface area contributed by atoms with Crippen LogP contribution in [0.1, 0.15) is 23.0 Å². The fraction of sp³-hybridized carbons (Fsp3) is 0.154. The monoisotopic (exact) mass is 250 g/mol. The first kappa shape index (κ1) is 11.7. The third-order valence-corrected chi connectivity index (χ3v) is 2.59. The molecule has 0 fully saturated rings. The zero-order valence-electron chi connectivity index (χ0n) is 9.27. The number of Topliss-reactive ketones (excluding diaryl/α,β-unsaturated/α-hetero) is 1. The number of carbonyl (C=O) groups excluding carboxylic acids is 1. The second-order valence-electron chi connectivity index (χ2n) is 3.57. The van der Waals surface area contributed by atoms with Gasteiger partial charge in [-0.25, -0.2) is 0 Å². The molecule has 0 atom stereocenters. The van der Waals surface area contributed by atoms with E-state index in [9.17, 15) is 4.79 Å².